The van der Waals surface area contributed by atoms with Gasteiger partial charge in [0.1, 0.15) is 5.75 Å². The first-order valence-electron chi connectivity index (χ1n) is 6.48. The predicted molar refractivity (Wildman–Crippen MR) is 79.3 cm³/mol. The second kappa shape index (κ2) is 7.82. The number of aromatic hydroxyl groups is 1. The van der Waals surface area contributed by atoms with Crippen LogP contribution in [0.5, 0.6) is 5.75 Å². The standard InChI is InChI=1S/C13H18NO7P/c15-11-4-2-10(3-5-11)14-8-22(20,21)7-9(13(18)19)1-6-12(16)17/h2-5,9,14-15H,1,6-8H2,(H,16,17)(H,18,19)(H,20,21). The molecule has 0 aliphatic heterocycles. The Hall–Kier alpha value is -2.05. The number of carboxylic acid groups (broad SMARTS) is 2. The van der Waals surface area contributed by atoms with Gasteiger partial charge in [0.15, 0.2) is 0 Å². The molecule has 0 fully saturated rings. The van der Waals surface area contributed by atoms with Crippen LogP contribution in [0, 0.1) is 5.92 Å². The summed E-state index contributed by atoms with van der Waals surface area (Å²) < 4.78 is 12.0. The van der Waals surface area contributed by atoms with Crippen molar-refractivity contribution in [2.45, 2.75) is 12.8 Å². The van der Waals surface area contributed by atoms with E-state index in [4.69, 9.17) is 15.3 Å². The van der Waals surface area contributed by atoms with E-state index in [9.17, 15) is 19.0 Å². The first-order valence-corrected chi connectivity index (χ1v) is 8.51. The molecule has 2 atom stereocenters. The van der Waals surface area contributed by atoms with Gasteiger partial charge in [0.25, 0.3) is 0 Å². The van der Waals surface area contributed by atoms with E-state index in [0.29, 0.717) is 5.69 Å². The maximum atomic E-state index is 12.0. The summed E-state index contributed by atoms with van der Waals surface area (Å²) in [6.07, 6.45) is -1.41. The fraction of sp³-hybridized carbons (Fsp3) is 0.385. The van der Waals surface area contributed by atoms with Crippen molar-refractivity contribution in [1.29, 1.82) is 0 Å². The summed E-state index contributed by atoms with van der Waals surface area (Å²) in [4.78, 5) is 31.3. The zero-order valence-electron chi connectivity index (χ0n) is 11.7. The van der Waals surface area contributed by atoms with Crippen LogP contribution in [-0.4, -0.2) is 44.6 Å². The number of nitrogens with one attached hydrogen (secondary N) is 1. The minimum absolute atomic E-state index is 0.0531. The highest BCUT2D eigenvalue weighted by atomic mass is 31.2. The Balaban J connectivity index is 2.59. The minimum Gasteiger partial charge on any atom is -0.508 e. The van der Waals surface area contributed by atoms with Gasteiger partial charge in [-0.05, 0) is 30.7 Å². The smallest absolute Gasteiger partial charge is 0.307 e. The molecule has 0 amide bonds. The van der Waals surface area contributed by atoms with Crippen LogP contribution in [-0.2, 0) is 14.2 Å². The maximum Gasteiger partial charge on any atom is 0.307 e. The van der Waals surface area contributed by atoms with Crippen LogP contribution in [0.3, 0.4) is 0 Å². The number of carbonyl (C=O) groups is 2. The van der Waals surface area contributed by atoms with Gasteiger partial charge in [0.05, 0.1) is 12.2 Å². The van der Waals surface area contributed by atoms with E-state index in [1.54, 1.807) is 0 Å². The number of hydrogen-bond acceptors (Lipinski definition) is 5. The predicted octanol–water partition coefficient (Wildman–Crippen LogP) is 1.60. The number of aliphatic carboxylic acids is 2. The first kappa shape index (κ1) is 18.0. The molecule has 8 nitrogen and oxygen atoms in total. The fourth-order valence-electron chi connectivity index (χ4n) is 1.79. The van der Waals surface area contributed by atoms with Gasteiger partial charge in [0, 0.05) is 18.3 Å². The van der Waals surface area contributed by atoms with Gasteiger partial charge in [-0.2, -0.15) is 0 Å². The highest BCUT2D eigenvalue weighted by Gasteiger charge is 2.29. The molecule has 0 saturated carbocycles. The molecule has 122 valence electrons. The third kappa shape index (κ3) is 6.60. The quantitative estimate of drug-likeness (QED) is 0.339. The Morgan fingerprint density at radius 2 is 1.77 bits per heavy atom. The van der Waals surface area contributed by atoms with Crippen molar-refractivity contribution < 1.29 is 34.4 Å². The minimum atomic E-state index is -3.79. The molecule has 1 rings (SSSR count). The average molecular weight is 331 g/mol. The van der Waals surface area contributed by atoms with E-state index in [-0.39, 0.29) is 24.9 Å². The van der Waals surface area contributed by atoms with Crippen molar-refractivity contribution in [3.8, 4) is 5.75 Å². The Morgan fingerprint density at radius 3 is 2.27 bits per heavy atom. The average Bonchev–Trinajstić information content (AvgIpc) is 2.42. The molecule has 5 N–H and O–H groups in total. The number of phenols is 1. The molecule has 0 heterocycles. The third-order valence-corrected chi connectivity index (χ3v) is 4.62. The van der Waals surface area contributed by atoms with E-state index < -0.39 is 31.4 Å². The van der Waals surface area contributed by atoms with Crippen molar-refractivity contribution in [2.24, 2.45) is 5.92 Å². The lowest BCUT2D eigenvalue weighted by atomic mass is 10.1. The largest absolute Gasteiger partial charge is 0.508 e. The van der Waals surface area contributed by atoms with Gasteiger partial charge in [0.2, 0.25) is 7.37 Å². The van der Waals surface area contributed by atoms with Crippen LogP contribution in [0.4, 0.5) is 5.69 Å². The zero-order valence-corrected chi connectivity index (χ0v) is 12.6. The van der Waals surface area contributed by atoms with Gasteiger partial charge < -0.3 is 25.5 Å². The molecule has 0 saturated heterocycles. The molecule has 0 radical (unpaired) electrons. The summed E-state index contributed by atoms with van der Waals surface area (Å²) in [6, 6.07) is 5.82. The van der Waals surface area contributed by atoms with Crippen LogP contribution >= 0.6 is 7.37 Å². The van der Waals surface area contributed by atoms with Crippen LogP contribution in [0.2, 0.25) is 0 Å². The molecule has 22 heavy (non-hydrogen) atoms. The van der Waals surface area contributed by atoms with Gasteiger partial charge in [-0.1, -0.05) is 0 Å². The number of hydrogen-bond donors (Lipinski definition) is 5. The normalized spacial score (nSPS) is 14.8. The SMILES string of the molecule is O=C(O)CCC(CP(=O)(O)CNc1ccc(O)cc1)C(=O)O. The van der Waals surface area contributed by atoms with E-state index in [1.165, 1.54) is 24.3 Å². The molecular formula is C13H18NO7P. The van der Waals surface area contributed by atoms with Crippen molar-refractivity contribution >= 4 is 25.0 Å². The number of anilines is 1. The number of rotatable bonds is 9. The molecule has 0 aliphatic carbocycles. The summed E-state index contributed by atoms with van der Waals surface area (Å²) in [5.74, 6) is -3.58. The highest BCUT2D eigenvalue weighted by molar-refractivity contribution is 7.58. The van der Waals surface area contributed by atoms with Crippen molar-refractivity contribution in [3.05, 3.63) is 24.3 Å². The lowest BCUT2D eigenvalue weighted by molar-refractivity contribution is -0.142. The topological polar surface area (TPSA) is 144 Å². The molecule has 0 spiro atoms. The Bertz CT molecular complexity index is 572. The number of carboxylic acids is 2. The molecule has 0 aliphatic rings. The van der Waals surface area contributed by atoms with Crippen molar-refractivity contribution in [3.63, 3.8) is 0 Å². The number of benzene rings is 1. The summed E-state index contributed by atoms with van der Waals surface area (Å²) in [7, 11) is -3.79. The van der Waals surface area contributed by atoms with Gasteiger partial charge >= 0.3 is 11.9 Å². The number of phenolic OH excluding ortho intramolecular Hbond substituents is 1. The van der Waals surface area contributed by atoms with Crippen molar-refractivity contribution in [2.75, 3.05) is 17.8 Å². The third-order valence-electron chi connectivity index (χ3n) is 2.96. The Kier molecular flexibility index (Phi) is 6.39. The van der Waals surface area contributed by atoms with Crippen LogP contribution in [0.15, 0.2) is 24.3 Å². The van der Waals surface area contributed by atoms with Crippen LogP contribution in [0.25, 0.3) is 0 Å². The van der Waals surface area contributed by atoms with Gasteiger partial charge in [-0.3, -0.25) is 14.2 Å². The lowest BCUT2D eigenvalue weighted by Crippen LogP contribution is -2.21. The molecule has 2 unspecified atom stereocenters. The molecular weight excluding hydrogens is 313 g/mol. The molecule has 1 aromatic rings. The van der Waals surface area contributed by atoms with Crippen molar-refractivity contribution in [1.82, 2.24) is 0 Å². The first-order chi connectivity index (χ1) is 10.2. The molecule has 9 heteroatoms. The Morgan fingerprint density at radius 1 is 1.18 bits per heavy atom. The molecule has 0 aromatic heterocycles. The molecule has 1 aromatic carbocycles. The second-order valence-electron chi connectivity index (χ2n) is 4.88. The summed E-state index contributed by atoms with van der Waals surface area (Å²) >= 11 is 0. The lowest BCUT2D eigenvalue weighted by Gasteiger charge is -2.17. The van der Waals surface area contributed by atoms with Gasteiger partial charge in [-0.25, -0.2) is 0 Å². The van der Waals surface area contributed by atoms with Gasteiger partial charge in [-0.15, -0.1) is 0 Å². The highest BCUT2D eigenvalue weighted by Crippen LogP contribution is 2.43. The van der Waals surface area contributed by atoms with E-state index in [0.717, 1.165) is 0 Å². The zero-order chi connectivity index (χ0) is 16.8. The summed E-state index contributed by atoms with van der Waals surface area (Å²) in [6.45, 7) is 0. The summed E-state index contributed by atoms with van der Waals surface area (Å²) in [5, 5.41) is 29.4. The maximum absolute atomic E-state index is 12.0. The fourth-order valence-corrected chi connectivity index (χ4v) is 3.38. The van der Waals surface area contributed by atoms with E-state index >= 15 is 0 Å². The second-order valence-corrected chi connectivity index (χ2v) is 7.25. The van der Waals surface area contributed by atoms with Crippen LogP contribution < -0.4 is 5.32 Å². The summed E-state index contributed by atoms with van der Waals surface area (Å²) in [5.41, 5.74) is 0.504. The monoisotopic (exact) mass is 331 g/mol. The van der Waals surface area contributed by atoms with Crippen LogP contribution in [0.1, 0.15) is 12.8 Å². The Labute approximate surface area is 126 Å². The van der Waals surface area contributed by atoms with E-state index in [1.807, 2.05) is 0 Å². The molecule has 0 bridgehead atoms. The van der Waals surface area contributed by atoms with E-state index in [2.05, 4.69) is 5.32 Å².